The summed E-state index contributed by atoms with van der Waals surface area (Å²) in [6, 6.07) is 0. The Labute approximate surface area is 72.5 Å². The lowest BCUT2D eigenvalue weighted by molar-refractivity contribution is 0.255. The fourth-order valence-electron chi connectivity index (χ4n) is 0.447. The highest BCUT2D eigenvalue weighted by molar-refractivity contribution is 5.16. The van der Waals surface area contributed by atoms with Gasteiger partial charge in [-0.15, -0.1) is 0 Å². The van der Waals surface area contributed by atoms with Gasteiger partial charge in [0.2, 0.25) is 0 Å². The average molecular weight is 168 g/mol. The molecule has 0 radical (unpaired) electrons. The summed E-state index contributed by atoms with van der Waals surface area (Å²) in [5, 5.41) is 0. The molecule has 12 heavy (non-hydrogen) atoms. The summed E-state index contributed by atoms with van der Waals surface area (Å²) in [6.07, 6.45) is 2.62. The first-order valence-corrected chi connectivity index (χ1v) is 3.51. The van der Waals surface area contributed by atoms with E-state index in [4.69, 9.17) is 4.74 Å². The monoisotopic (exact) mass is 168 g/mol. The summed E-state index contributed by atoms with van der Waals surface area (Å²) < 4.78 is 17.1. The van der Waals surface area contributed by atoms with Crippen molar-refractivity contribution in [2.45, 2.75) is 6.92 Å². The number of hydrogen-bond donors (Lipinski definition) is 0. The van der Waals surface area contributed by atoms with Crippen molar-refractivity contribution >= 4 is 0 Å². The Morgan fingerprint density at radius 1 is 1.33 bits per heavy atom. The van der Waals surface area contributed by atoms with E-state index >= 15 is 0 Å². The highest BCUT2D eigenvalue weighted by atomic mass is 19.1. The van der Waals surface area contributed by atoms with Gasteiger partial charge in [0, 0.05) is 0 Å². The molecule has 1 nitrogen and oxygen atoms in total. The Hall–Kier alpha value is -1.31. The average Bonchev–Trinajstić information content (AvgIpc) is 1.96. The zero-order valence-electron chi connectivity index (χ0n) is 7.27. The van der Waals surface area contributed by atoms with Gasteiger partial charge in [0.1, 0.15) is 18.2 Å². The summed E-state index contributed by atoms with van der Waals surface area (Å²) in [4.78, 5) is 0. The fourth-order valence-corrected chi connectivity index (χ4v) is 0.447. The second-order valence-corrected chi connectivity index (χ2v) is 2.49. The predicted octanol–water partition coefficient (Wildman–Crippen LogP) is 3.13. The Balaban J connectivity index is 3.75. The van der Waals surface area contributed by atoms with Crippen molar-refractivity contribution in [3.8, 4) is 0 Å². The van der Waals surface area contributed by atoms with Gasteiger partial charge >= 0.3 is 0 Å². The molecule has 0 bridgehead atoms. The molecule has 0 fully saturated rings. The third-order valence-corrected chi connectivity index (χ3v) is 0.954. The predicted molar refractivity (Wildman–Crippen MR) is 49.3 cm³/mol. The number of halogens is 1. The first-order valence-electron chi connectivity index (χ1n) is 3.51. The van der Waals surface area contributed by atoms with Crippen LogP contribution in [0.1, 0.15) is 6.92 Å². The van der Waals surface area contributed by atoms with Crippen LogP contribution in [0.4, 0.5) is 4.39 Å². The molecule has 0 aromatic rings. The van der Waals surface area contributed by atoms with Crippen LogP contribution in [-0.2, 0) is 4.74 Å². The molecule has 0 N–H and O–H groups in total. The molecule has 0 rings (SSSR count). The molecule has 0 heterocycles. The van der Waals surface area contributed by atoms with Gasteiger partial charge in [0.15, 0.2) is 0 Å². The fraction of sp³-hybridized carbons (Fsp3) is 0.200. The maximum absolute atomic E-state index is 12.1. The third-order valence-electron chi connectivity index (χ3n) is 0.954. The van der Waals surface area contributed by atoms with E-state index in [1.54, 1.807) is 0 Å². The molecule has 2 heteroatoms. The lowest BCUT2D eigenvalue weighted by atomic mass is 10.4. The van der Waals surface area contributed by atoms with Crippen LogP contribution in [0.3, 0.4) is 0 Å². The van der Waals surface area contributed by atoms with Gasteiger partial charge in [-0.05, 0) is 24.6 Å². The zero-order chi connectivity index (χ0) is 9.56. The molecule has 0 saturated heterocycles. The molecule has 0 aromatic carbocycles. The smallest absolute Gasteiger partial charge is 0.116 e. The summed E-state index contributed by atoms with van der Waals surface area (Å²) in [7, 11) is 0. The number of allylic oxidation sites excluding steroid dienone is 3. The first-order chi connectivity index (χ1) is 5.52. The van der Waals surface area contributed by atoms with E-state index in [1.165, 1.54) is 12.2 Å². The number of hydrogen-bond acceptors (Lipinski definition) is 1. The standard InChI is InChI=1S/C10H13FO/c1-8(2)7-12-10(4)6-5-9(3)11/h5-6H,1,3-4,7H2,2H3/b6-5-. The molecule has 66 valence electrons. The van der Waals surface area contributed by atoms with Gasteiger partial charge in [0.25, 0.3) is 0 Å². The Bertz CT molecular complexity index is 226. The zero-order valence-corrected chi connectivity index (χ0v) is 7.27. The summed E-state index contributed by atoms with van der Waals surface area (Å²) in [5.74, 6) is -0.119. The molecular formula is C10H13FO. The van der Waals surface area contributed by atoms with Gasteiger partial charge in [-0.2, -0.15) is 0 Å². The second-order valence-electron chi connectivity index (χ2n) is 2.49. The van der Waals surface area contributed by atoms with Gasteiger partial charge < -0.3 is 4.74 Å². The molecular weight excluding hydrogens is 155 g/mol. The van der Waals surface area contributed by atoms with Crippen LogP contribution >= 0.6 is 0 Å². The van der Waals surface area contributed by atoms with Crippen molar-refractivity contribution in [1.82, 2.24) is 0 Å². The van der Waals surface area contributed by atoms with Crippen LogP contribution in [0, 0.1) is 0 Å². The van der Waals surface area contributed by atoms with Gasteiger partial charge in [0.05, 0.1) is 0 Å². The summed E-state index contributed by atoms with van der Waals surface area (Å²) in [5.41, 5.74) is 0.892. The highest BCUT2D eigenvalue weighted by Gasteiger charge is 1.89. The van der Waals surface area contributed by atoms with E-state index < -0.39 is 5.83 Å². The van der Waals surface area contributed by atoms with Crippen molar-refractivity contribution in [3.05, 3.63) is 49.0 Å². The lowest BCUT2D eigenvalue weighted by Gasteiger charge is -2.03. The first kappa shape index (κ1) is 10.7. The Morgan fingerprint density at radius 2 is 1.92 bits per heavy atom. The van der Waals surface area contributed by atoms with Crippen LogP contribution in [-0.4, -0.2) is 6.61 Å². The van der Waals surface area contributed by atoms with Crippen LogP contribution in [0.2, 0.25) is 0 Å². The Morgan fingerprint density at radius 3 is 2.33 bits per heavy atom. The van der Waals surface area contributed by atoms with E-state index in [2.05, 4.69) is 19.7 Å². The maximum Gasteiger partial charge on any atom is 0.116 e. The van der Waals surface area contributed by atoms with E-state index in [1.807, 2.05) is 6.92 Å². The van der Waals surface area contributed by atoms with Crippen LogP contribution < -0.4 is 0 Å². The molecule has 0 unspecified atom stereocenters. The highest BCUT2D eigenvalue weighted by Crippen LogP contribution is 2.02. The van der Waals surface area contributed by atoms with E-state index in [-0.39, 0.29) is 0 Å². The molecule has 0 aliphatic rings. The van der Waals surface area contributed by atoms with Gasteiger partial charge in [-0.25, -0.2) is 4.39 Å². The second kappa shape index (κ2) is 5.35. The molecule has 0 spiro atoms. The molecule has 0 aromatic heterocycles. The van der Waals surface area contributed by atoms with Crippen molar-refractivity contribution < 1.29 is 9.13 Å². The van der Waals surface area contributed by atoms with Crippen LogP contribution in [0.5, 0.6) is 0 Å². The van der Waals surface area contributed by atoms with E-state index in [9.17, 15) is 4.39 Å². The maximum atomic E-state index is 12.1. The van der Waals surface area contributed by atoms with Crippen molar-refractivity contribution in [1.29, 1.82) is 0 Å². The number of ether oxygens (including phenoxy) is 1. The largest absolute Gasteiger partial charge is 0.490 e. The molecule has 0 aliphatic carbocycles. The van der Waals surface area contributed by atoms with Crippen molar-refractivity contribution in [3.63, 3.8) is 0 Å². The topological polar surface area (TPSA) is 9.23 Å². The third kappa shape index (κ3) is 6.81. The number of rotatable bonds is 5. The van der Waals surface area contributed by atoms with Gasteiger partial charge in [-0.3, -0.25) is 0 Å². The Kier molecular flexibility index (Phi) is 4.77. The SMILES string of the molecule is C=C(F)/C=C\C(=C)OCC(=C)C. The normalized spacial score (nSPS) is 9.83. The minimum atomic E-state index is -0.518. The molecule has 0 amide bonds. The van der Waals surface area contributed by atoms with E-state index in [0.717, 1.165) is 5.57 Å². The molecule has 0 aliphatic heterocycles. The molecule has 0 saturated carbocycles. The van der Waals surface area contributed by atoms with Crippen molar-refractivity contribution in [2.24, 2.45) is 0 Å². The minimum Gasteiger partial charge on any atom is -0.490 e. The summed E-state index contributed by atoms with van der Waals surface area (Å²) in [6.45, 7) is 12.5. The lowest BCUT2D eigenvalue weighted by Crippen LogP contribution is -1.91. The van der Waals surface area contributed by atoms with Crippen LogP contribution in [0.25, 0.3) is 0 Å². The minimum absolute atomic E-state index is 0.400. The molecule has 0 atom stereocenters. The van der Waals surface area contributed by atoms with Crippen LogP contribution in [0.15, 0.2) is 49.0 Å². The quantitative estimate of drug-likeness (QED) is 0.348. The van der Waals surface area contributed by atoms with Crippen molar-refractivity contribution in [2.75, 3.05) is 6.61 Å². The van der Waals surface area contributed by atoms with Gasteiger partial charge in [-0.1, -0.05) is 19.7 Å². The summed E-state index contributed by atoms with van der Waals surface area (Å²) >= 11 is 0. The van der Waals surface area contributed by atoms with E-state index in [0.29, 0.717) is 12.4 Å².